The van der Waals surface area contributed by atoms with Crippen molar-refractivity contribution >= 4 is 11.7 Å². The van der Waals surface area contributed by atoms with E-state index in [0.29, 0.717) is 5.56 Å². The van der Waals surface area contributed by atoms with Crippen LogP contribution in [0.15, 0.2) is 54.6 Å². The maximum atomic E-state index is 11.0. The van der Waals surface area contributed by atoms with Crippen LogP contribution in [0.25, 0.3) is 0 Å². The molecule has 0 fully saturated rings. The molecule has 1 unspecified atom stereocenters. The first kappa shape index (κ1) is 13.1. The highest BCUT2D eigenvalue weighted by molar-refractivity contribution is 5.88. The summed E-state index contributed by atoms with van der Waals surface area (Å²) in [5.41, 5.74) is 2.33. The molecule has 0 bridgehead atoms. The molecule has 0 aliphatic rings. The molecule has 0 aliphatic heterocycles. The number of aromatic carboxylic acids is 1. The summed E-state index contributed by atoms with van der Waals surface area (Å²) in [5, 5.41) is 12.4. The molecule has 0 radical (unpaired) electrons. The van der Waals surface area contributed by atoms with E-state index in [1.165, 1.54) is 5.56 Å². The van der Waals surface area contributed by atoms with Crippen molar-refractivity contribution in [2.75, 3.05) is 5.32 Å². The van der Waals surface area contributed by atoms with E-state index in [0.717, 1.165) is 12.1 Å². The predicted octanol–water partition coefficient (Wildman–Crippen LogP) is 3.95. The molecule has 0 saturated heterocycles. The van der Waals surface area contributed by atoms with Gasteiger partial charge in [-0.3, -0.25) is 0 Å². The van der Waals surface area contributed by atoms with Crippen LogP contribution in [0.4, 0.5) is 5.69 Å². The van der Waals surface area contributed by atoms with Crippen LogP contribution in [0, 0.1) is 0 Å². The zero-order valence-electron chi connectivity index (χ0n) is 10.8. The first-order valence-electron chi connectivity index (χ1n) is 6.35. The van der Waals surface area contributed by atoms with Crippen LogP contribution < -0.4 is 5.32 Å². The van der Waals surface area contributed by atoms with Gasteiger partial charge in [0.05, 0.1) is 11.6 Å². The Bertz CT molecular complexity index is 552. The molecule has 2 aromatic rings. The van der Waals surface area contributed by atoms with Crippen molar-refractivity contribution in [3.05, 3.63) is 65.7 Å². The summed E-state index contributed by atoms with van der Waals surface area (Å²) in [4.78, 5) is 11.0. The second kappa shape index (κ2) is 6.05. The molecule has 0 amide bonds. The third-order valence-corrected chi connectivity index (χ3v) is 3.06. The highest BCUT2D eigenvalue weighted by Gasteiger charge is 2.09. The average molecular weight is 255 g/mol. The number of benzene rings is 2. The standard InChI is InChI=1S/C16H17NO2/c1-2-15(12-7-4-3-5-8-12)17-14-10-6-9-13(11-14)16(18)19/h3-11,15,17H,2H2,1H3,(H,18,19). The van der Waals surface area contributed by atoms with Crippen LogP contribution in [-0.2, 0) is 0 Å². The molecule has 0 saturated carbocycles. The lowest BCUT2D eigenvalue weighted by Crippen LogP contribution is -2.10. The molecule has 19 heavy (non-hydrogen) atoms. The van der Waals surface area contributed by atoms with Gasteiger partial charge in [-0.25, -0.2) is 4.79 Å². The number of rotatable bonds is 5. The maximum Gasteiger partial charge on any atom is 0.335 e. The smallest absolute Gasteiger partial charge is 0.335 e. The Kier molecular flexibility index (Phi) is 4.18. The highest BCUT2D eigenvalue weighted by atomic mass is 16.4. The molecule has 3 heteroatoms. The van der Waals surface area contributed by atoms with E-state index in [1.54, 1.807) is 18.2 Å². The largest absolute Gasteiger partial charge is 0.478 e. The molecule has 2 aromatic carbocycles. The van der Waals surface area contributed by atoms with Crippen LogP contribution >= 0.6 is 0 Å². The van der Waals surface area contributed by atoms with Crippen LogP contribution in [0.5, 0.6) is 0 Å². The molecule has 2 N–H and O–H groups in total. The Morgan fingerprint density at radius 1 is 1.16 bits per heavy atom. The first-order valence-corrected chi connectivity index (χ1v) is 6.35. The average Bonchev–Trinajstić information content (AvgIpc) is 2.46. The van der Waals surface area contributed by atoms with Gasteiger partial charge in [-0.1, -0.05) is 43.3 Å². The SMILES string of the molecule is CCC(Nc1cccc(C(=O)O)c1)c1ccccc1. The van der Waals surface area contributed by atoms with Gasteiger partial charge in [0.25, 0.3) is 0 Å². The molecule has 1 atom stereocenters. The van der Waals surface area contributed by atoms with Crippen LogP contribution in [0.2, 0.25) is 0 Å². The second-order valence-corrected chi connectivity index (χ2v) is 4.40. The zero-order valence-corrected chi connectivity index (χ0v) is 10.8. The summed E-state index contributed by atoms with van der Waals surface area (Å²) in [5.74, 6) is -0.906. The van der Waals surface area contributed by atoms with Gasteiger partial charge in [-0.05, 0) is 30.2 Å². The highest BCUT2D eigenvalue weighted by Crippen LogP contribution is 2.22. The molecule has 0 spiro atoms. The van der Waals surface area contributed by atoms with Gasteiger partial charge in [-0.15, -0.1) is 0 Å². The Balaban J connectivity index is 2.19. The van der Waals surface area contributed by atoms with E-state index >= 15 is 0 Å². The number of hydrogen-bond acceptors (Lipinski definition) is 2. The van der Waals surface area contributed by atoms with Gasteiger partial charge in [0.15, 0.2) is 0 Å². The number of nitrogens with one attached hydrogen (secondary N) is 1. The summed E-state index contributed by atoms with van der Waals surface area (Å²) < 4.78 is 0. The minimum absolute atomic E-state index is 0.185. The summed E-state index contributed by atoms with van der Waals surface area (Å²) >= 11 is 0. The molecule has 0 heterocycles. The number of carbonyl (C=O) groups is 1. The van der Waals surface area contributed by atoms with E-state index in [9.17, 15) is 4.79 Å². The van der Waals surface area contributed by atoms with Gasteiger partial charge in [-0.2, -0.15) is 0 Å². The lowest BCUT2D eigenvalue weighted by Gasteiger charge is -2.19. The lowest BCUT2D eigenvalue weighted by molar-refractivity contribution is 0.0697. The van der Waals surface area contributed by atoms with Crippen molar-refractivity contribution < 1.29 is 9.90 Å². The van der Waals surface area contributed by atoms with E-state index in [4.69, 9.17) is 5.11 Å². The fourth-order valence-corrected chi connectivity index (χ4v) is 2.05. The quantitative estimate of drug-likeness (QED) is 0.850. The Morgan fingerprint density at radius 3 is 2.53 bits per heavy atom. The van der Waals surface area contributed by atoms with Crippen molar-refractivity contribution in [1.29, 1.82) is 0 Å². The number of anilines is 1. The van der Waals surface area contributed by atoms with E-state index in [1.807, 2.05) is 24.3 Å². The lowest BCUT2D eigenvalue weighted by atomic mass is 10.0. The Morgan fingerprint density at radius 2 is 1.89 bits per heavy atom. The number of hydrogen-bond donors (Lipinski definition) is 2. The molecule has 0 aliphatic carbocycles. The van der Waals surface area contributed by atoms with Crippen LogP contribution in [-0.4, -0.2) is 11.1 Å². The number of carboxylic acids is 1. The third kappa shape index (κ3) is 3.35. The molecule has 2 rings (SSSR count). The van der Waals surface area contributed by atoms with E-state index in [2.05, 4.69) is 24.4 Å². The molecular formula is C16H17NO2. The predicted molar refractivity (Wildman–Crippen MR) is 76.5 cm³/mol. The topological polar surface area (TPSA) is 49.3 Å². The van der Waals surface area contributed by atoms with Crippen molar-refractivity contribution in [3.8, 4) is 0 Å². The minimum atomic E-state index is -0.906. The summed E-state index contributed by atoms with van der Waals surface area (Å²) in [6, 6.07) is 17.2. The molecule has 98 valence electrons. The fourth-order valence-electron chi connectivity index (χ4n) is 2.05. The summed E-state index contributed by atoms with van der Waals surface area (Å²) in [6.07, 6.45) is 0.932. The monoisotopic (exact) mass is 255 g/mol. The second-order valence-electron chi connectivity index (χ2n) is 4.40. The van der Waals surface area contributed by atoms with Crippen molar-refractivity contribution in [2.24, 2.45) is 0 Å². The summed E-state index contributed by atoms with van der Waals surface area (Å²) in [7, 11) is 0. The number of carboxylic acid groups (broad SMARTS) is 1. The van der Waals surface area contributed by atoms with E-state index < -0.39 is 5.97 Å². The minimum Gasteiger partial charge on any atom is -0.478 e. The Labute approximate surface area is 112 Å². The normalized spacial score (nSPS) is 11.8. The van der Waals surface area contributed by atoms with Gasteiger partial charge in [0, 0.05) is 5.69 Å². The van der Waals surface area contributed by atoms with E-state index in [-0.39, 0.29) is 6.04 Å². The van der Waals surface area contributed by atoms with Crippen LogP contribution in [0.1, 0.15) is 35.3 Å². The van der Waals surface area contributed by atoms with Gasteiger partial charge < -0.3 is 10.4 Å². The Hall–Kier alpha value is -2.29. The first-order chi connectivity index (χ1) is 9.20. The van der Waals surface area contributed by atoms with Crippen molar-refractivity contribution in [2.45, 2.75) is 19.4 Å². The molecule has 0 aromatic heterocycles. The third-order valence-electron chi connectivity index (χ3n) is 3.06. The van der Waals surface area contributed by atoms with Gasteiger partial charge in [0.2, 0.25) is 0 Å². The van der Waals surface area contributed by atoms with Crippen LogP contribution in [0.3, 0.4) is 0 Å². The fraction of sp³-hybridized carbons (Fsp3) is 0.188. The van der Waals surface area contributed by atoms with Gasteiger partial charge in [0.1, 0.15) is 0 Å². The molecule has 3 nitrogen and oxygen atoms in total. The maximum absolute atomic E-state index is 11.0. The molecular weight excluding hydrogens is 238 g/mol. The van der Waals surface area contributed by atoms with Crippen molar-refractivity contribution in [1.82, 2.24) is 0 Å². The summed E-state index contributed by atoms with van der Waals surface area (Å²) in [6.45, 7) is 2.10. The van der Waals surface area contributed by atoms with Gasteiger partial charge >= 0.3 is 5.97 Å². The zero-order chi connectivity index (χ0) is 13.7. The van der Waals surface area contributed by atoms with Crippen molar-refractivity contribution in [3.63, 3.8) is 0 Å².